The van der Waals surface area contributed by atoms with E-state index in [1.165, 1.54) is 27.7 Å². The maximum atomic E-state index is 12.5. The van der Waals surface area contributed by atoms with Gasteiger partial charge in [0.25, 0.3) is 5.91 Å². The number of hydrogen-bond acceptors (Lipinski definition) is 9. The van der Waals surface area contributed by atoms with E-state index in [2.05, 4.69) is 25.5 Å². The highest BCUT2D eigenvalue weighted by atomic mass is 16.5. The van der Waals surface area contributed by atoms with Crippen molar-refractivity contribution in [2.75, 3.05) is 70.9 Å². The number of hydrogen-bond donors (Lipinski definition) is 2. The Morgan fingerprint density at radius 3 is 2.37 bits per heavy atom. The lowest BCUT2D eigenvalue weighted by Gasteiger charge is -2.27. The molecule has 0 unspecified atom stereocenters. The lowest BCUT2D eigenvalue weighted by molar-refractivity contribution is 0.0954. The molecule has 1 saturated heterocycles. The summed E-state index contributed by atoms with van der Waals surface area (Å²) >= 11 is 0. The van der Waals surface area contributed by atoms with Crippen LogP contribution in [0.2, 0.25) is 0 Å². The van der Waals surface area contributed by atoms with Crippen molar-refractivity contribution in [1.82, 2.24) is 15.3 Å². The number of anilines is 2. The summed E-state index contributed by atoms with van der Waals surface area (Å²) in [5, 5.41) is 6.06. The largest absolute Gasteiger partial charge is 0.493 e. The van der Waals surface area contributed by atoms with Crippen LogP contribution >= 0.6 is 0 Å². The monoisotopic (exact) mass is 417 g/mol. The fourth-order valence-corrected chi connectivity index (χ4v) is 3.09. The topological polar surface area (TPSA) is 107 Å². The number of morpholine rings is 1. The van der Waals surface area contributed by atoms with Gasteiger partial charge in [-0.1, -0.05) is 0 Å². The summed E-state index contributed by atoms with van der Waals surface area (Å²) in [4.78, 5) is 23.2. The number of methoxy groups -OCH3 is 3. The zero-order valence-corrected chi connectivity index (χ0v) is 17.4. The molecule has 1 aromatic heterocycles. The van der Waals surface area contributed by atoms with Crippen molar-refractivity contribution in [2.45, 2.75) is 0 Å². The minimum Gasteiger partial charge on any atom is -0.493 e. The number of nitrogens with zero attached hydrogens (tertiary/aromatic N) is 3. The van der Waals surface area contributed by atoms with Crippen LogP contribution in [0.4, 0.5) is 11.6 Å². The fourth-order valence-electron chi connectivity index (χ4n) is 3.09. The third kappa shape index (κ3) is 5.20. The van der Waals surface area contributed by atoms with E-state index >= 15 is 0 Å². The highest BCUT2D eigenvalue weighted by molar-refractivity contribution is 5.95. The van der Waals surface area contributed by atoms with Gasteiger partial charge in [0.15, 0.2) is 11.5 Å². The zero-order chi connectivity index (χ0) is 21.3. The van der Waals surface area contributed by atoms with Crippen LogP contribution in [0.5, 0.6) is 17.2 Å². The molecule has 1 aromatic carbocycles. The summed E-state index contributed by atoms with van der Waals surface area (Å²) in [6.45, 7) is 3.92. The van der Waals surface area contributed by atoms with Gasteiger partial charge < -0.3 is 34.5 Å². The maximum absolute atomic E-state index is 12.5. The van der Waals surface area contributed by atoms with Crippen molar-refractivity contribution < 1.29 is 23.7 Å². The first kappa shape index (κ1) is 21.4. The molecule has 2 aromatic rings. The van der Waals surface area contributed by atoms with Crippen molar-refractivity contribution in [1.29, 1.82) is 0 Å². The van der Waals surface area contributed by atoms with E-state index in [1.807, 2.05) is 6.07 Å². The van der Waals surface area contributed by atoms with E-state index in [1.54, 1.807) is 12.1 Å². The van der Waals surface area contributed by atoms with Crippen molar-refractivity contribution in [3.63, 3.8) is 0 Å². The number of nitrogens with one attached hydrogen (secondary N) is 2. The van der Waals surface area contributed by atoms with Crippen LogP contribution in [0.3, 0.4) is 0 Å². The van der Waals surface area contributed by atoms with E-state index in [0.29, 0.717) is 54.9 Å². The van der Waals surface area contributed by atoms with Crippen LogP contribution in [0.25, 0.3) is 0 Å². The molecular formula is C20H27N5O5. The smallest absolute Gasteiger partial charge is 0.251 e. The summed E-state index contributed by atoms with van der Waals surface area (Å²) in [6.07, 6.45) is 1.53. The Bertz CT molecular complexity index is 832. The van der Waals surface area contributed by atoms with E-state index in [0.717, 1.165) is 18.9 Å². The zero-order valence-electron chi connectivity index (χ0n) is 17.4. The highest BCUT2D eigenvalue weighted by Gasteiger charge is 2.17. The number of benzene rings is 1. The van der Waals surface area contributed by atoms with Gasteiger partial charge in [-0.3, -0.25) is 4.79 Å². The third-order valence-electron chi connectivity index (χ3n) is 4.63. The van der Waals surface area contributed by atoms with E-state index < -0.39 is 0 Å². The highest BCUT2D eigenvalue weighted by Crippen LogP contribution is 2.38. The molecule has 0 saturated carbocycles. The second-order valence-electron chi connectivity index (χ2n) is 6.46. The van der Waals surface area contributed by atoms with Gasteiger partial charge in [0, 0.05) is 37.8 Å². The molecule has 162 valence electrons. The van der Waals surface area contributed by atoms with E-state index in [4.69, 9.17) is 18.9 Å². The minimum absolute atomic E-state index is 0.243. The lowest BCUT2D eigenvalue weighted by Crippen LogP contribution is -2.36. The van der Waals surface area contributed by atoms with Gasteiger partial charge in [-0.05, 0) is 12.1 Å². The third-order valence-corrected chi connectivity index (χ3v) is 4.63. The minimum atomic E-state index is -0.243. The Kier molecular flexibility index (Phi) is 7.50. The van der Waals surface area contributed by atoms with Gasteiger partial charge in [-0.15, -0.1) is 0 Å². The molecule has 10 nitrogen and oxygen atoms in total. The standard InChI is InChI=1S/C20H27N5O5/c1-27-15-10-14(11-16(28-2)19(15)29-3)20(26)22-5-4-21-17-12-18(24-13-23-17)25-6-8-30-9-7-25/h10-13H,4-9H2,1-3H3,(H,22,26)(H,21,23,24). The molecule has 2 heterocycles. The number of carbonyl (C=O) groups is 1. The summed E-state index contributed by atoms with van der Waals surface area (Å²) < 4.78 is 21.2. The van der Waals surface area contributed by atoms with Gasteiger partial charge in [0.05, 0.1) is 34.5 Å². The van der Waals surface area contributed by atoms with Crippen molar-refractivity contribution in [2.24, 2.45) is 0 Å². The quantitative estimate of drug-likeness (QED) is 0.582. The summed E-state index contributed by atoms with van der Waals surface area (Å²) in [5.74, 6) is 2.62. The first-order valence-corrected chi connectivity index (χ1v) is 9.63. The molecule has 30 heavy (non-hydrogen) atoms. The Labute approximate surface area is 175 Å². The Balaban J connectivity index is 1.54. The first-order chi connectivity index (χ1) is 14.7. The van der Waals surface area contributed by atoms with E-state index in [-0.39, 0.29) is 5.91 Å². The van der Waals surface area contributed by atoms with Crippen LogP contribution in [0.15, 0.2) is 24.5 Å². The maximum Gasteiger partial charge on any atom is 0.251 e. The molecule has 1 aliphatic rings. The predicted octanol–water partition coefficient (Wildman–Crippen LogP) is 1.18. The fraction of sp³-hybridized carbons (Fsp3) is 0.450. The van der Waals surface area contributed by atoms with Crippen molar-refractivity contribution in [3.05, 3.63) is 30.1 Å². The molecule has 2 N–H and O–H groups in total. The second kappa shape index (κ2) is 10.5. The van der Waals surface area contributed by atoms with Gasteiger partial charge >= 0.3 is 0 Å². The number of aromatic nitrogens is 2. The van der Waals surface area contributed by atoms with Crippen LogP contribution in [0, 0.1) is 0 Å². The Morgan fingerprint density at radius 1 is 1.03 bits per heavy atom. The summed E-state index contributed by atoms with van der Waals surface area (Å²) in [7, 11) is 4.54. The van der Waals surface area contributed by atoms with E-state index in [9.17, 15) is 4.79 Å². The normalized spacial score (nSPS) is 13.5. The molecule has 0 bridgehead atoms. The van der Waals surface area contributed by atoms with Crippen molar-refractivity contribution >= 4 is 17.5 Å². The van der Waals surface area contributed by atoms with Gasteiger partial charge in [0.2, 0.25) is 5.75 Å². The molecule has 10 heteroatoms. The van der Waals surface area contributed by atoms with Crippen LogP contribution < -0.4 is 29.7 Å². The predicted molar refractivity (Wildman–Crippen MR) is 112 cm³/mol. The lowest BCUT2D eigenvalue weighted by atomic mass is 10.1. The van der Waals surface area contributed by atoms with Crippen LogP contribution in [-0.2, 0) is 4.74 Å². The molecule has 3 rings (SSSR count). The average molecular weight is 417 g/mol. The summed E-state index contributed by atoms with van der Waals surface area (Å²) in [6, 6.07) is 5.12. The molecular weight excluding hydrogens is 390 g/mol. The SMILES string of the molecule is COc1cc(C(=O)NCCNc2cc(N3CCOCC3)ncn2)cc(OC)c1OC. The molecule has 1 amide bonds. The van der Waals surface area contributed by atoms with Gasteiger partial charge in [-0.25, -0.2) is 9.97 Å². The first-order valence-electron chi connectivity index (χ1n) is 9.63. The van der Waals surface area contributed by atoms with Gasteiger partial charge in [-0.2, -0.15) is 0 Å². The number of carbonyl (C=O) groups excluding carboxylic acids is 1. The van der Waals surface area contributed by atoms with Gasteiger partial charge in [0.1, 0.15) is 18.0 Å². The molecule has 1 fully saturated rings. The number of ether oxygens (including phenoxy) is 4. The second-order valence-corrected chi connectivity index (χ2v) is 6.46. The van der Waals surface area contributed by atoms with Crippen LogP contribution in [-0.4, -0.2) is 76.6 Å². The molecule has 1 aliphatic heterocycles. The van der Waals surface area contributed by atoms with Crippen LogP contribution in [0.1, 0.15) is 10.4 Å². The molecule has 0 radical (unpaired) electrons. The Hall–Kier alpha value is -3.27. The van der Waals surface area contributed by atoms with Crippen molar-refractivity contribution in [3.8, 4) is 17.2 Å². The number of rotatable bonds is 9. The number of amides is 1. The Morgan fingerprint density at radius 2 is 1.73 bits per heavy atom. The molecule has 0 atom stereocenters. The molecule has 0 aliphatic carbocycles. The summed E-state index contributed by atoms with van der Waals surface area (Å²) in [5.41, 5.74) is 0.418. The average Bonchev–Trinajstić information content (AvgIpc) is 2.81. The molecule has 0 spiro atoms.